The lowest BCUT2D eigenvalue weighted by atomic mass is 10.1. The van der Waals surface area contributed by atoms with Crippen molar-refractivity contribution >= 4 is 17.5 Å². The number of nitrogens with zero attached hydrogens (tertiary/aromatic N) is 1. The molecule has 1 aliphatic rings. The molecule has 0 atom stereocenters. The highest BCUT2D eigenvalue weighted by Crippen LogP contribution is 2.30. The van der Waals surface area contributed by atoms with E-state index in [1.165, 1.54) is 0 Å². The normalized spacial score (nSPS) is 12.4. The second kappa shape index (κ2) is 9.47. The zero-order chi connectivity index (χ0) is 21.6. The molecular formula is C26H26N2O3. The molecule has 0 aliphatic carbocycles. The fraction of sp³-hybridized carbons (Fsp3) is 0.231. The molecule has 1 N–H and O–H groups in total. The predicted molar refractivity (Wildman–Crippen MR) is 122 cm³/mol. The van der Waals surface area contributed by atoms with E-state index < -0.39 is 0 Å². The summed E-state index contributed by atoms with van der Waals surface area (Å²) in [5.74, 6) is 0.771. The van der Waals surface area contributed by atoms with E-state index in [1.54, 1.807) is 11.0 Å². The van der Waals surface area contributed by atoms with Crippen LogP contribution in [-0.4, -0.2) is 31.5 Å². The quantitative estimate of drug-likeness (QED) is 0.581. The van der Waals surface area contributed by atoms with Gasteiger partial charge in [-0.25, -0.2) is 0 Å². The van der Waals surface area contributed by atoms with Crippen LogP contribution >= 0.6 is 0 Å². The van der Waals surface area contributed by atoms with Crippen LogP contribution in [0.5, 0.6) is 5.75 Å². The van der Waals surface area contributed by atoms with E-state index in [2.05, 4.69) is 5.32 Å². The minimum atomic E-state index is -0.136. The van der Waals surface area contributed by atoms with Crippen molar-refractivity contribution in [2.45, 2.75) is 19.8 Å². The fourth-order valence-electron chi connectivity index (χ4n) is 3.87. The third-order valence-electron chi connectivity index (χ3n) is 5.46. The average Bonchev–Trinajstić information content (AvgIpc) is 3.25. The lowest BCUT2D eigenvalue weighted by molar-refractivity contribution is -0.118. The topological polar surface area (TPSA) is 58.6 Å². The summed E-state index contributed by atoms with van der Waals surface area (Å²) in [5.41, 5.74) is 4.69. The molecule has 0 saturated carbocycles. The molecule has 0 fully saturated rings. The van der Waals surface area contributed by atoms with Gasteiger partial charge in [0.2, 0.25) is 5.91 Å². The highest BCUT2D eigenvalue weighted by molar-refractivity contribution is 5.98. The van der Waals surface area contributed by atoms with Crippen LogP contribution in [0.25, 0.3) is 11.1 Å². The second-order valence-electron chi connectivity index (χ2n) is 7.46. The molecule has 0 bridgehead atoms. The Morgan fingerprint density at radius 1 is 1.00 bits per heavy atom. The lowest BCUT2D eigenvalue weighted by Gasteiger charge is -2.16. The number of carbonyl (C=O) groups excluding carboxylic acids is 2. The van der Waals surface area contributed by atoms with Crippen LogP contribution in [0.3, 0.4) is 0 Å². The van der Waals surface area contributed by atoms with Gasteiger partial charge in [-0.2, -0.15) is 0 Å². The van der Waals surface area contributed by atoms with Crippen LogP contribution in [0.15, 0.2) is 72.8 Å². The molecule has 3 aromatic rings. The second-order valence-corrected chi connectivity index (χ2v) is 7.46. The molecule has 2 amide bonds. The van der Waals surface area contributed by atoms with E-state index in [-0.39, 0.29) is 11.8 Å². The van der Waals surface area contributed by atoms with Gasteiger partial charge >= 0.3 is 0 Å². The number of anilines is 1. The van der Waals surface area contributed by atoms with Gasteiger partial charge in [0.05, 0.1) is 6.54 Å². The van der Waals surface area contributed by atoms with Gasteiger partial charge in [0.15, 0.2) is 0 Å². The van der Waals surface area contributed by atoms with E-state index in [9.17, 15) is 9.59 Å². The fourth-order valence-corrected chi connectivity index (χ4v) is 3.87. The number of rotatable bonds is 7. The Morgan fingerprint density at radius 2 is 1.77 bits per heavy atom. The standard InChI is InChI=1S/C26H26N2O3/c1-2-25(29)28-16-14-20-18-21(12-13-23(20)28)26(30)27-15-17-31-24-11-7-6-10-22(24)19-8-4-3-5-9-19/h3-13,18H,2,14-17H2,1H3,(H,27,30). The van der Waals surface area contributed by atoms with Crippen molar-refractivity contribution in [2.24, 2.45) is 0 Å². The molecule has 0 radical (unpaired) electrons. The Hall–Kier alpha value is -3.60. The summed E-state index contributed by atoms with van der Waals surface area (Å²) < 4.78 is 5.95. The summed E-state index contributed by atoms with van der Waals surface area (Å²) in [6.45, 7) is 3.32. The van der Waals surface area contributed by atoms with E-state index >= 15 is 0 Å². The van der Waals surface area contributed by atoms with Crippen molar-refractivity contribution in [3.05, 3.63) is 83.9 Å². The Labute approximate surface area is 182 Å². The first kappa shape index (κ1) is 20.7. The number of ether oxygens (including phenoxy) is 1. The highest BCUT2D eigenvalue weighted by atomic mass is 16.5. The van der Waals surface area contributed by atoms with Crippen LogP contribution < -0.4 is 15.0 Å². The monoisotopic (exact) mass is 414 g/mol. The summed E-state index contributed by atoms with van der Waals surface area (Å²) >= 11 is 0. The first-order chi connectivity index (χ1) is 15.2. The molecule has 0 aromatic heterocycles. The lowest BCUT2D eigenvalue weighted by Crippen LogP contribution is -2.28. The maximum absolute atomic E-state index is 12.6. The molecule has 4 rings (SSSR count). The molecule has 0 unspecified atom stereocenters. The maximum atomic E-state index is 12.6. The van der Waals surface area contributed by atoms with Gasteiger partial charge in [0.1, 0.15) is 12.4 Å². The number of para-hydroxylation sites is 1. The van der Waals surface area contributed by atoms with Gasteiger partial charge in [0.25, 0.3) is 5.91 Å². The Morgan fingerprint density at radius 3 is 2.58 bits per heavy atom. The zero-order valence-corrected chi connectivity index (χ0v) is 17.6. The van der Waals surface area contributed by atoms with Gasteiger partial charge in [0, 0.05) is 29.8 Å². The van der Waals surface area contributed by atoms with Gasteiger partial charge < -0.3 is 15.0 Å². The number of carbonyl (C=O) groups is 2. The van der Waals surface area contributed by atoms with E-state index in [1.807, 2.05) is 73.7 Å². The van der Waals surface area contributed by atoms with Crippen molar-refractivity contribution in [1.29, 1.82) is 0 Å². The average molecular weight is 415 g/mol. The molecule has 158 valence electrons. The number of hydrogen-bond acceptors (Lipinski definition) is 3. The number of amides is 2. The van der Waals surface area contributed by atoms with Crippen molar-refractivity contribution in [1.82, 2.24) is 5.32 Å². The van der Waals surface area contributed by atoms with Crippen molar-refractivity contribution < 1.29 is 14.3 Å². The van der Waals surface area contributed by atoms with Crippen molar-refractivity contribution in [2.75, 3.05) is 24.6 Å². The number of hydrogen-bond donors (Lipinski definition) is 1. The van der Waals surface area contributed by atoms with Crippen molar-refractivity contribution in [3.63, 3.8) is 0 Å². The Balaban J connectivity index is 1.34. The molecule has 5 nitrogen and oxygen atoms in total. The van der Waals surface area contributed by atoms with Crippen LogP contribution in [-0.2, 0) is 11.2 Å². The van der Waals surface area contributed by atoms with Gasteiger partial charge in [-0.1, -0.05) is 55.5 Å². The summed E-state index contributed by atoms with van der Waals surface area (Å²) in [7, 11) is 0. The van der Waals surface area contributed by atoms with Gasteiger partial charge in [-0.05, 0) is 41.8 Å². The van der Waals surface area contributed by atoms with Crippen LogP contribution in [0.1, 0.15) is 29.3 Å². The smallest absolute Gasteiger partial charge is 0.251 e. The SMILES string of the molecule is CCC(=O)N1CCc2cc(C(=O)NCCOc3ccccc3-c3ccccc3)ccc21. The first-order valence-electron chi connectivity index (χ1n) is 10.7. The Kier molecular flexibility index (Phi) is 6.32. The minimum absolute atomic E-state index is 0.115. The van der Waals surface area contributed by atoms with Gasteiger partial charge in [-0.3, -0.25) is 9.59 Å². The molecule has 5 heteroatoms. The first-order valence-corrected chi connectivity index (χ1v) is 10.7. The number of fused-ring (bicyclic) bond motifs is 1. The third kappa shape index (κ3) is 4.61. The van der Waals surface area contributed by atoms with Gasteiger partial charge in [-0.15, -0.1) is 0 Å². The molecule has 1 heterocycles. The number of benzene rings is 3. The minimum Gasteiger partial charge on any atom is -0.491 e. The molecule has 1 aliphatic heterocycles. The van der Waals surface area contributed by atoms with Crippen molar-refractivity contribution in [3.8, 4) is 16.9 Å². The third-order valence-corrected chi connectivity index (χ3v) is 5.46. The number of nitrogens with one attached hydrogen (secondary N) is 1. The zero-order valence-electron chi connectivity index (χ0n) is 17.6. The van der Waals surface area contributed by atoms with Crippen LogP contribution in [0.2, 0.25) is 0 Å². The Bertz CT molecular complexity index is 1080. The molecule has 0 saturated heterocycles. The summed E-state index contributed by atoms with van der Waals surface area (Å²) in [6.07, 6.45) is 1.26. The summed E-state index contributed by atoms with van der Waals surface area (Å²) in [6, 6.07) is 23.5. The molecular weight excluding hydrogens is 388 g/mol. The largest absolute Gasteiger partial charge is 0.491 e. The van der Waals surface area contributed by atoms with E-state index in [0.29, 0.717) is 31.7 Å². The van der Waals surface area contributed by atoms with E-state index in [0.717, 1.165) is 34.5 Å². The van der Waals surface area contributed by atoms with Crippen LogP contribution in [0, 0.1) is 0 Å². The molecule has 0 spiro atoms. The van der Waals surface area contributed by atoms with E-state index in [4.69, 9.17) is 4.74 Å². The molecule has 3 aromatic carbocycles. The predicted octanol–water partition coefficient (Wildman–Crippen LogP) is 4.46. The summed E-state index contributed by atoms with van der Waals surface area (Å²) in [4.78, 5) is 26.4. The maximum Gasteiger partial charge on any atom is 0.251 e. The highest BCUT2D eigenvalue weighted by Gasteiger charge is 2.24. The molecule has 31 heavy (non-hydrogen) atoms. The summed E-state index contributed by atoms with van der Waals surface area (Å²) in [5, 5.41) is 2.92. The van der Waals surface area contributed by atoms with Crippen LogP contribution in [0.4, 0.5) is 5.69 Å².